The van der Waals surface area contributed by atoms with Crippen LogP contribution in [0.2, 0.25) is 0 Å². The van der Waals surface area contributed by atoms with Crippen molar-refractivity contribution in [2.75, 3.05) is 20.0 Å². The molecule has 2 N–H and O–H groups in total. The van der Waals surface area contributed by atoms with Gasteiger partial charge in [-0.15, -0.1) is 0 Å². The van der Waals surface area contributed by atoms with Gasteiger partial charge in [-0.1, -0.05) is 13.8 Å². The quantitative estimate of drug-likeness (QED) is 0.694. The fraction of sp³-hybridized carbons (Fsp3) is 0.333. The summed E-state index contributed by atoms with van der Waals surface area (Å²) in [6.45, 7) is 7.04. The van der Waals surface area contributed by atoms with Crippen molar-refractivity contribution in [3.63, 3.8) is 0 Å². The highest BCUT2D eigenvalue weighted by Gasteiger charge is 2.17. The molecule has 0 saturated carbocycles. The minimum atomic E-state index is -0.476. The van der Waals surface area contributed by atoms with E-state index in [1.807, 2.05) is 20.8 Å². The van der Waals surface area contributed by atoms with Gasteiger partial charge in [-0.2, -0.15) is 0 Å². The van der Waals surface area contributed by atoms with Crippen molar-refractivity contribution in [1.29, 1.82) is 0 Å². The first kappa shape index (κ1) is 20.3. The summed E-state index contributed by atoms with van der Waals surface area (Å²) in [5.74, 6) is 1.52. The zero-order valence-corrected chi connectivity index (χ0v) is 16.6. The summed E-state index contributed by atoms with van der Waals surface area (Å²) >= 11 is 0. The van der Waals surface area contributed by atoms with E-state index in [2.05, 4.69) is 10.9 Å². The zero-order valence-electron chi connectivity index (χ0n) is 16.6. The first-order chi connectivity index (χ1) is 14.0. The van der Waals surface area contributed by atoms with Crippen molar-refractivity contribution < 1.29 is 28.5 Å². The van der Waals surface area contributed by atoms with Crippen molar-refractivity contribution in [3.8, 4) is 23.0 Å². The van der Waals surface area contributed by atoms with Gasteiger partial charge in [0.15, 0.2) is 23.0 Å². The third kappa shape index (κ3) is 5.10. The van der Waals surface area contributed by atoms with Crippen LogP contribution in [-0.2, 0) is 0 Å². The second kappa shape index (κ2) is 9.18. The molecule has 2 aromatic rings. The number of hydrazine groups is 1. The number of rotatable bonds is 7. The average molecular weight is 400 g/mol. The number of amides is 2. The standard InChI is InChI=1S/C21H24N2O6/c1-4-26-18-9-14(5-7-16(18)27-11-13(2)3)20(24)22-23-21(25)15-6-8-17-19(10-15)29-12-28-17/h5-10,13H,4,11-12H2,1-3H3,(H,22,24)(H,23,25). The molecule has 2 aromatic carbocycles. The summed E-state index contributed by atoms with van der Waals surface area (Å²) in [6, 6.07) is 9.66. The minimum absolute atomic E-state index is 0.121. The summed E-state index contributed by atoms with van der Waals surface area (Å²) in [5.41, 5.74) is 5.45. The largest absolute Gasteiger partial charge is 0.490 e. The molecule has 8 heteroatoms. The van der Waals surface area contributed by atoms with Crippen LogP contribution in [0.4, 0.5) is 0 Å². The Morgan fingerprint density at radius 2 is 1.59 bits per heavy atom. The van der Waals surface area contributed by atoms with Gasteiger partial charge in [-0.05, 0) is 49.2 Å². The van der Waals surface area contributed by atoms with Gasteiger partial charge in [0.1, 0.15) is 0 Å². The molecule has 0 atom stereocenters. The van der Waals surface area contributed by atoms with Gasteiger partial charge >= 0.3 is 0 Å². The molecule has 2 amide bonds. The van der Waals surface area contributed by atoms with E-state index in [-0.39, 0.29) is 6.79 Å². The third-order valence-corrected chi connectivity index (χ3v) is 4.00. The number of carbonyl (C=O) groups excluding carboxylic acids is 2. The van der Waals surface area contributed by atoms with E-state index in [0.29, 0.717) is 53.3 Å². The number of hydrogen-bond acceptors (Lipinski definition) is 6. The maximum absolute atomic E-state index is 12.4. The molecule has 0 saturated heterocycles. The number of carbonyl (C=O) groups is 2. The average Bonchev–Trinajstić information content (AvgIpc) is 3.18. The van der Waals surface area contributed by atoms with Gasteiger partial charge in [0.25, 0.3) is 11.8 Å². The second-order valence-corrected chi connectivity index (χ2v) is 6.78. The first-order valence-corrected chi connectivity index (χ1v) is 9.38. The van der Waals surface area contributed by atoms with Crippen LogP contribution < -0.4 is 29.8 Å². The van der Waals surface area contributed by atoms with E-state index >= 15 is 0 Å². The summed E-state index contributed by atoms with van der Waals surface area (Å²) in [4.78, 5) is 24.7. The SMILES string of the molecule is CCOc1cc(C(=O)NNC(=O)c2ccc3c(c2)OCO3)ccc1OCC(C)C. The molecule has 3 rings (SSSR count). The maximum Gasteiger partial charge on any atom is 0.269 e. The number of ether oxygens (including phenoxy) is 4. The molecule has 154 valence electrons. The predicted octanol–water partition coefficient (Wildman–Crippen LogP) is 2.92. The Bertz CT molecular complexity index is 897. The lowest BCUT2D eigenvalue weighted by Crippen LogP contribution is -2.41. The summed E-state index contributed by atoms with van der Waals surface area (Å²) < 4.78 is 21.8. The van der Waals surface area contributed by atoms with E-state index in [0.717, 1.165) is 0 Å². The summed E-state index contributed by atoms with van der Waals surface area (Å²) in [6.07, 6.45) is 0. The van der Waals surface area contributed by atoms with Gasteiger partial charge in [-0.25, -0.2) is 0 Å². The molecule has 1 aliphatic rings. The lowest BCUT2D eigenvalue weighted by atomic mass is 10.2. The van der Waals surface area contributed by atoms with Crippen molar-refractivity contribution >= 4 is 11.8 Å². The highest BCUT2D eigenvalue weighted by molar-refractivity contribution is 5.99. The minimum Gasteiger partial charge on any atom is -0.490 e. The molecule has 1 aliphatic heterocycles. The summed E-state index contributed by atoms with van der Waals surface area (Å²) in [5, 5.41) is 0. The fourth-order valence-corrected chi connectivity index (χ4v) is 2.59. The number of hydrogen-bond donors (Lipinski definition) is 2. The first-order valence-electron chi connectivity index (χ1n) is 9.38. The predicted molar refractivity (Wildman–Crippen MR) is 105 cm³/mol. The smallest absolute Gasteiger partial charge is 0.269 e. The van der Waals surface area contributed by atoms with E-state index in [1.165, 1.54) is 0 Å². The van der Waals surface area contributed by atoms with E-state index in [4.69, 9.17) is 18.9 Å². The lowest BCUT2D eigenvalue weighted by molar-refractivity contribution is 0.0846. The van der Waals surface area contributed by atoms with Gasteiger partial charge in [-0.3, -0.25) is 20.4 Å². The topological polar surface area (TPSA) is 95.1 Å². The van der Waals surface area contributed by atoms with Gasteiger partial charge in [0, 0.05) is 11.1 Å². The second-order valence-electron chi connectivity index (χ2n) is 6.78. The van der Waals surface area contributed by atoms with Gasteiger partial charge in [0.2, 0.25) is 6.79 Å². The molecule has 8 nitrogen and oxygen atoms in total. The Labute approximate surface area is 169 Å². The molecule has 29 heavy (non-hydrogen) atoms. The highest BCUT2D eigenvalue weighted by atomic mass is 16.7. The Morgan fingerprint density at radius 1 is 0.931 bits per heavy atom. The molecule has 1 heterocycles. The van der Waals surface area contributed by atoms with Crippen LogP contribution in [0, 0.1) is 5.92 Å². The zero-order chi connectivity index (χ0) is 20.8. The molecule has 0 radical (unpaired) electrons. The van der Waals surface area contributed by atoms with Gasteiger partial charge < -0.3 is 18.9 Å². The van der Waals surface area contributed by atoms with Crippen molar-refractivity contribution in [2.24, 2.45) is 5.92 Å². The molecule has 0 aromatic heterocycles. The van der Waals surface area contributed by atoms with Crippen LogP contribution >= 0.6 is 0 Å². The Kier molecular flexibility index (Phi) is 6.43. The molecular weight excluding hydrogens is 376 g/mol. The van der Waals surface area contributed by atoms with Crippen molar-refractivity contribution in [1.82, 2.24) is 10.9 Å². The van der Waals surface area contributed by atoms with Crippen LogP contribution in [0.15, 0.2) is 36.4 Å². The Morgan fingerprint density at radius 3 is 2.28 bits per heavy atom. The van der Waals surface area contributed by atoms with Crippen LogP contribution in [0.25, 0.3) is 0 Å². The maximum atomic E-state index is 12.4. The lowest BCUT2D eigenvalue weighted by Gasteiger charge is -2.15. The van der Waals surface area contributed by atoms with Gasteiger partial charge in [0.05, 0.1) is 13.2 Å². The third-order valence-electron chi connectivity index (χ3n) is 4.00. The van der Waals surface area contributed by atoms with Crippen molar-refractivity contribution in [2.45, 2.75) is 20.8 Å². The fourth-order valence-electron chi connectivity index (χ4n) is 2.59. The number of nitrogens with one attached hydrogen (secondary N) is 2. The molecule has 0 aliphatic carbocycles. The monoisotopic (exact) mass is 400 g/mol. The number of benzene rings is 2. The summed E-state index contributed by atoms with van der Waals surface area (Å²) in [7, 11) is 0. The van der Waals surface area contributed by atoms with E-state index in [1.54, 1.807) is 36.4 Å². The molecule has 0 spiro atoms. The molecule has 0 fully saturated rings. The molecular formula is C21H24N2O6. The van der Waals surface area contributed by atoms with Crippen molar-refractivity contribution in [3.05, 3.63) is 47.5 Å². The van der Waals surface area contributed by atoms with Crippen LogP contribution in [0.3, 0.4) is 0 Å². The highest BCUT2D eigenvalue weighted by Crippen LogP contribution is 2.32. The van der Waals surface area contributed by atoms with Crippen LogP contribution in [0.1, 0.15) is 41.5 Å². The van der Waals surface area contributed by atoms with E-state index in [9.17, 15) is 9.59 Å². The molecule has 0 bridgehead atoms. The van der Waals surface area contributed by atoms with Crippen LogP contribution in [0.5, 0.6) is 23.0 Å². The molecule has 0 unspecified atom stereocenters. The van der Waals surface area contributed by atoms with E-state index < -0.39 is 11.8 Å². The Hall–Kier alpha value is -3.42. The Balaban J connectivity index is 1.63. The normalized spacial score (nSPS) is 11.9. The number of fused-ring (bicyclic) bond motifs is 1. The van der Waals surface area contributed by atoms with Crippen LogP contribution in [-0.4, -0.2) is 31.8 Å².